The van der Waals surface area contributed by atoms with Crippen LogP contribution in [-0.4, -0.2) is 22.1 Å². The van der Waals surface area contributed by atoms with E-state index >= 15 is 0 Å². The third-order valence-electron chi connectivity index (χ3n) is 3.84. The van der Waals surface area contributed by atoms with Crippen LogP contribution in [0.1, 0.15) is 18.7 Å². The molecular formula is C17H17N5O. The summed E-state index contributed by atoms with van der Waals surface area (Å²) in [6.45, 7) is 2.56. The molecule has 0 unspecified atom stereocenters. The highest BCUT2D eigenvalue weighted by atomic mass is 16.5. The second kappa shape index (κ2) is 5.31. The van der Waals surface area contributed by atoms with Crippen molar-refractivity contribution >= 4 is 22.9 Å². The summed E-state index contributed by atoms with van der Waals surface area (Å²) in [4.78, 5) is 9.19. The Morgan fingerprint density at radius 3 is 2.83 bits per heavy atom. The molecule has 1 aliphatic heterocycles. The summed E-state index contributed by atoms with van der Waals surface area (Å²) < 4.78 is 7.81. The normalized spacial score (nSPS) is 16.6. The molecule has 0 bridgehead atoms. The van der Waals surface area contributed by atoms with Gasteiger partial charge in [-0.2, -0.15) is 0 Å². The number of imidazole rings is 1. The number of nitrogens with one attached hydrogen (secondary N) is 1. The molecule has 1 aromatic heterocycles. The molecule has 2 heterocycles. The molecule has 6 heteroatoms. The Kier molecular flexibility index (Phi) is 3.15. The molecule has 0 amide bonds. The number of aromatic nitrogens is 2. The summed E-state index contributed by atoms with van der Waals surface area (Å²) in [6, 6.07) is 15.9. The molecule has 1 atom stereocenters. The molecule has 0 spiro atoms. The van der Waals surface area contributed by atoms with Gasteiger partial charge in [0.05, 0.1) is 17.6 Å². The van der Waals surface area contributed by atoms with E-state index in [2.05, 4.69) is 15.3 Å². The molecule has 1 aliphatic rings. The first-order valence-electron chi connectivity index (χ1n) is 7.57. The van der Waals surface area contributed by atoms with Crippen LogP contribution in [0.3, 0.4) is 0 Å². The van der Waals surface area contributed by atoms with Gasteiger partial charge in [0.2, 0.25) is 5.95 Å². The summed E-state index contributed by atoms with van der Waals surface area (Å²) in [5.74, 6) is 1.85. The Morgan fingerprint density at radius 1 is 1.17 bits per heavy atom. The molecule has 3 N–H and O–H groups in total. The quantitative estimate of drug-likeness (QED) is 0.780. The van der Waals surface area contributed by atoms with Crippen LogP contribution in [0.4, 0.5) is 5.95 Å². The van der Waals surface area contributed by atoms with Crippen LogP contribution in [0.5, 0.6) is 5.75 Å². The average molecular weight is 307 g/mol. The van der Waals surface area contributed by atoms with Crippen LogP contribution in [0.25, 0.3) is 11.0 Å². The predicted molar refractivity (Wildman–Crippen MR) is 90.7 cm³/mol. The zero-order chi connectivity index (χ0) is 15.8. The van der Waals surface area contributed by atoms with Crippen LogP contribution in [0, 0.1) is 0 Å². The summed E-state index contributed by atoms with van der Waals surface area (Å²) in [7, 11) is 0. The third kappa shape index (κ3) is 2.19. The van der Waals surface area contributed by atoms with E-state index in [0.29, 0.717) is 18.5 Å². The van der Waals surface area contributed by atoms with E-state index in [1.807, 2.05) is 60.0 Å². The average Bonchev–Trinajstić information content (AvgIpc) is 2.93. The van der Waals surface area contributed by atoms with Crippen molar-refractivity contribution in [1.82, 2.24) is 9.55 Å². The summed E-state index contributed by atoms with van der Waals surface area (Å²) in [5, 5.41) is 3.04. The SMILES string of the molecule is CCOc1ccccc1[C@@H]1N=C(N)Nc2nc3ccccc3n21. The van der Waals surface area contributed by atoms with E-state index in [-0.39, 0.29) is 6.17 Å². The molecule has 0 fully saturated rings. The standard InChI is InChI=1S/C17H17N5O/c1-2-23-14-10-6-3-7-11(14)15-20-16(18)21-17-19-12-8-4-5-9-13(12)22(15)17/h3-10,15H,2H2,1H3,(H3,18,19,20,21)/t15-/m1/s1. The number of hydrogen-bond donors (Lipinski definition) is 2. The van der Waals surface area contributed by atoms with Gasteiger partial charge >= 0.3 is 0 Å². The van der Waals surface area contributed by atoms with Gasteiger partial charge in [-0.3, -0.25) is 9.88 Å². The summed E-state index contributed by atoms with van der Waals surface area (Å²) in [5.41, 5.74) is 8.83. The highest BCUT2D eigenvalue weighted by Gasteiger charge is 2.26. The number of benzene rings is 2. The maximum atomic E-state index is 5.97. The molecule has 2 aromatic carbocycles. The van der Waals surface area contributed by atoms with Crippen LogP contribution >= 0.6 is 0 Å². The van der Waals surface area contributed by atoms with E-state index < -0.39 is 0 Å². The van der Waals surface area contributed by atoms with Gasteiger partial charge in [0.15, 0.2) is 12.1 Å². The maximum absolute atomic E-state index is 5.97. The molecule has 116 valence electrons. The number of hydrogen-bond acceptors (Lipinski definition) is 5. The number of nitrogens with zero attached hydrogens (tertiary/aromatic N) is 3. The van der Waals surface area contributed by atoms with Crippen molar-refractivity contribution in [2.24, 2.45) is 10.7 Å². The molecule has 3 aromatic rings. The largest absolute Gasteiger partial charge is 0.493 e. The molecule has 23 heavy (non-hydrogen) atoms. The van der Waals surface area contributed by atoms with E-state index in [0.717, 1.165) is 22.3 Å². The monoisotopic (exact) mass is 307 g/mol. The lowest BCUT2D eigenvalue weighted by Crippen LogP contribution is -2.31. The molecule has 0 saturated carbocycles. The smallest absolute Gasteiger partial charge is 0.212 e. The van der Waals surface area contributed by atoms with E-state index in [4.69, 9.17) is 10.5 Å². The topological polar surface area (TPSA) is 77.5 Å². The minimum absolute atomic E-state index is 0.304. The Bertz CT molecular complexity index is 899. The number of fused-ring (bicyclic) bond motifs is 3. The number of aliphatic imine (C=N–C) groups is 1. The van der Waals surface area contributed by atoms with Crippen LogP contribution < -0.4 is 15.8 Å². The highest BCUT2D eigenvalue weighted by molar-refractivity contribution is 5.94. The van der Waals surface area contributed by atoms with Crippen molar-refractivity contribution in [3.63, 3.8) is 0 Å². The highest BCUT2D eigenvalue weighted by Crippen LogP contribution is 2.36. The second-order valence-corrected chi connectivity index (χ2v) is 5.28. The van der Waals surface area contributed by atoms with Gasteiger partial charge < -0.3 is 10.5 Å². The van der Waals surface area contributed by atoms with Gasteiger partial charge in [-0.15, -0.1) is 0 Å². The van der Waals surface area contributed by atoms with Gasteiger partial charge in [-0.25, -0.2) is 9.98 Å². The molecule has 4 rings (SSSR count). The van der Waals surface area contributed by atoms with Gasteiger partial charge in [-0.1, -0.05) is 30.3 Å². The zero-order valence-electron chi connectivity index (χ0n) is 12.7. The first-order chi connectivity index (χ1) is 11.3. The summed E-state index contributed by atoms with van der Waals surface area (Å²) in [6.07, 6.45) is -0.304. The van der Waals surface area contributed by atoms with Gasteiger partial charge in [0.25, 0.3) is 0 Å². The van der Waals surface area contributed by atoms with Gasteiger partial charge in [0.1, 0.15) is 5.75 Å². The van der Waals surface area contributed by atoms with E-state index in [9.17, 15) is 0 Å². The lowest BCUT2D eigenvalue weighted by Gasteiger charge is -2.25. The van der Waals surface area contributed by atoms with Crippen LogP contribution in [0.2, 0.25) is 0 Å². The Morgan fingerprint density at radius 2 is 1.96 bits per heavy atom. The van der Waals surface area contributed by atoms with Gasteiger partial charge in [0, 0.05) is 5.56 Å². The van der Waals surface area contributed by atoms with Crippen molar-refractivity contribution < 1.29 is 4.74 Å². The molecule has 0 radical (unpaired) electrons. The number of anilines is 1. The fourth-order valence-electron chi connectivity index (χ4n) is 2.91. The minimum Gasteiger partial charge on any atom is -0.493 e. The molecule has 0 saturated heterocycles. The van der Waals surface area contributed by atoms with Crippen LogP contribution in [-0.2, 0) is 0 Å². The number of guanidine groups is 1. The lowest BCUT2D eigenvalue weighted by atomic mass is 10.1. The fraction of sp³-hybridized carbons (Fsp3) is 0.176. The van der Waals surface area contributed by atoms with Crippen LogP contribution in [0.15, 0.2) is 53.5 Å². The second-order valence-electron chi connectivity index (χ2n) is 5.28. The van der Waals surface area contributed by atoms with E-state index in [1.54, 1.807) is 0 Å². The number of para-hydroxylation sites is 3. The van der Waals surface area contributed by atoms with Crippen molar-refractivity contribution in [3.8, 4) is 5.75 Å². The molecule has 6 nitrogen and oxygen atoms in total. The van der Waals surface area contributed by atoms with Crippen molar-refractivity contribution in [1.29, 1.82) is 0 Å². The lowest BCUT2D eigenvalue weighted by molar-refractivity contribution is 0.333. The summed E-state index contributed by atoms with van der Waals surface area (Å²) >= 11 is 0. The zero-order valence-corrected chi connectivity index (χ0v) is 12.7. The first-order valence-corrected chi connectivity index (χ1v) is 7.57. The van der Waals surface area contributed by atoms with Crippen molar-refractivity contribution in [3.05, 3.63) is 54.1 Å². The number of nitrogens with two attached hydrogens (primary N) is 1. The maximum Gasteiger partial charge on any atom is 0.212 e. The third-order valence-corrected chi connectivity index (χ3v) is 3.84. The van der Waals surface area contributed by atoms with E-state index in [1.165, 1.54) is 0 Å². The Balaban J connectivity index is 1.94. The first kappa shape index (κ1) is 13.6. The fourth-order valence-corrected chi connectivity index (χ4v) is 2.91. The van der Waals surface area contributed by atoms with Crippen molar-refractivity contribution in [2.45, 2.75) is 13.1 Å². The molecular weight excluding hydrogens is 290 g/mol. The number of ether oxygens (including phenoxy) is 1. The number of rotatable bonds is 3. The Labute approximate surface area is 133 Å². The Hall–Kier alpha value is -3.02. The molecule has 0 aliphatic carbocycles. The predicted octanol–water partition coefficient (Wildman–Crippen LogP) is 2.72. The minimum atomic E-state index is -0.304. The van der Waals surface area contributed by atoms with Gasteiger partial charge in [-0.05, 0) is 25.1 Å². The van der Waals surface area contributed by atoms with Crippen molar-refractivity contribution in [2.75, 3.05) is 11.9 Å².